The van der Waals surface area contributed by atoms with Gasteiger partial charge in [0.15, 0.2) is 0 Å². The lowest BCUT2D eigenvalue weighted by atomic mass is 10.2. The number of amides is 2. The van der Waals surface area contributed by atoms with Crippen LogP contribution in [0.15, 0.2) is 65.5 Å². The van der Waals surface area contributed by atoms with E-state index in [1.165, 1.54) is 30.8 Å². The largest absolute Gasteiger partial charge is 0.495 e. The molecule has 0 atom stereocenters. The maximum Gasteiger partial charge on any atom is 0.276 e. The van der Waals surface area contributed by atoms with E-state index in [4.69, 9.17) is 9.47 Å². The van der Waals surface area contributed by atoms with Crippen LogP contribution >= 0.6 is 0 Å². The number of hydrogen-bond donors (Lipinski definition) is 2. The van der Waals surface area contributed by atoms with E-state index in [0.29, 0.717) is 22.9 Å². The number of carbonyl (C=O) groups is 2. The molecule has 9 nitrogen and oxygen atoms in total. The van der Waals surface area contributed by atoms with Gasteiger partial charge in [-0.05, 0) is 36.4 Å². The molecule has 2 amide bonds. The van der Waals surface area contributed by atoms with Crippen LogP contribution in [0.25, 0.3) is 0 Å². The molecule has 0 saturated carbocycles. The molecule has 1 heterocycles. The average molecular weight is 422 g/mol. The van der Waals surface area contributed by atoms with E-state index in [1.807, 2.05) is 30.3 Å². The zero-order valence-electron chi connectivity index (χ0n) is 17.1. The van der Waals surface area contributed by atoms with Gasteiger partial charge in [-0.25, -0.2) is 4.68 Å². The normalized spacial score (nSPS) is 10.3. The molecule has 0 unspecified atom stereocenters. The number of anilines is 2. The second-order valence-corrected chi connectivity index (χ2v) is 6.49. The summed E-state index contributed by atoms with van der Waals surface area (Å²) >= 11 is 0. The number of aromatic nitrogens is 2. The number of ether oxygens (including phenoxy) is 2. The van der Waals surface area contributed by atoms with E-state index in [2.05, 4.69) is 15.7 Å². The molecule has 0 fully saturated rings. The number of nitrogens with zero attached hydrogens (tertiary/aromatic N) is 2. The SMILES string of the molecule is COc1ccc(NC(=O)c2ccc(=O)n(CCOc3ccccc3)n2)cc1NC(C)=O. The first-order valence-corrected chi connectivity index (χ1v) is 9.49. The summed E-state index contributed by atoms with van der Waals surface area (Å²) in [5, 5.41) is 9.46. The summed E-state index contributed by atoms with van der Waals surface area (Å²) in [7, 11) is 1.48. The fraction of sp³-hybridized carbons (Fsp3) is 0.182. The van der Waals surface area contributed by atoms with Gasteiger partial charge in [0.05, 0.1) is 19.3 Å². The molecule has 3 rings (SSSR count). The number of benzene rings is 2. The molecule has 160 valence electrons. The second-order valence-electron chi connectivity index (χ2n) is 6.49. The summed E-state index contributed by atoms with van der Waals surface area (Å²) < 4.78 is 12.0. The van der Waals surface area contributed by atoms with E-state index in [9.17, 15) is 14.4 Å². The Bertz CT molecular complexity index is 1130. The number of rotatable bonds is 8. The third-order valence-electron chi connectivity index (χ3n) is 4.18. The van der Waals surface area contributed by atoms with E-state index < -0.39 is 5.91 Å². The predicted octanol–water partition coefficient (Wildman–Crippen LogP) is 2.54. The number of hydrogen-bond acceptors (Lipinski definition) is 6. The molecule has 1 aromatic heterocycles. The van der Waals surface area contributed by atoms with Gasteiger partial charge in [0.2, 0.25) is 5.91 Å². The molecule has 31 heavy (non-hydrogen) atoms. The van der Waals surface area contributed by atoms with Crippen molar-refractivity contribution in [2.45, 2.75) is 13.5 Å². The van der Waals surface area contributed by atoms with Gasteiger partial charge in [-0.1, -0.05) is 18.2 Å². The minimum atomic E-state index is -0.503. The smallest absolute Gasteiger partial charge is 0.276 e. The van der Waals surface area contributed by atoms with Crippen LogP contribution in [0.1, 0.15) is 17.4 Å². The summed E-state index contributed by atoms with van der Waals surface area (Å²) in [5.74, 6) is 0.363. The maximum absolute atomic E-state index is 12.6. The molecular formula is C22H22N4O5. The molecule has 0 aliphatic rings. The summed E-state index contributed by atoms with van der Waals surface area (Å²) in [6, 6.07) is 16.6. The molecule has 0 aliphatic carbocycles. The lowest BCUT2D eigenvalue weighted by Gasteiger charge is -2.12. The second kappa shape index (κ2) is 10.1. The van der Waals surface area contributed by atoms with Gasteiger partial charge in [0.25, 0.3) is 11.5 Å². The molecule has 0 spiro atoms. The van der Waals surface area contributed by atoms with Crippen LogP contribution in [-0.2, 0) is 11.3 Å². The van der Waals surface area contributed by atoms with Crippen LogP contribution in [0.3, 0.4) is 0 Å². The number of methoxy groups -OCH3 is 1. The molecule has 0 radical (unpaired) electrons. The fourth-order valence-corrected chi connectivity index (χ4v) is 2.77. The Labute approximate surface area is 178 Å². The van der Waals surface area contributed by atoms with Gasteiger partial charge in [-0.2, -0.15) is 5.10 Å². The Morgan fingerprint density at radius 3 is 2.52 bits per heavy atom. The summed E-state index contributed by atoms with van der Waals surface area (Å²) in [6.45, 7) is 1.78. The number of nitrogens with one attached hydrogen (secondary N) is 2. The van der Waals surface area contributed by atoms with Crippen molar-refractivity contribution in [3.8, 4) is 11.5 Å². The highest BCUT2D eigenvalue weighted by atomic mass is 16.5. The van der Waals surface area contributed by atoms with Crippen molar-refractivity contribution in [2.75, 3.05) is 24.4 Å². The van der Waals surface area contributed by atoms with Gasteiger partial charge in [-0.15, -0.1) is 0 Å². The molecule has 0 bridgehead atoms. The topological polar surface area (TPSA) is 112 Å². The minimum Gasteiger partial charge on any atom is -0.495 e. The number of para-hydroxylation sites is 1. The monoisotopic (exact) mass is 422 g/mol. The van der Waals surface area contributed by atoms with E-state index in [0.717, 1.165) is 0 Å². The van der Waals surface area contributed by atoms with Crippen LogP contribution < -0.4 is 25.7 Å². The van der Waals surface area contributed by atoms with Crippen molar-refractivity contribution < 1.29 is 19.1 Å². The Morgan fingerprint density at radius 2 is 1.81 bits per heavy atom. The lowest BCUT2D eigenvalue weighted by molar-refractivity contribution is -0.114. The van der Waals surface area contributed by atoms with Crippen LogP contribution in [-0.4, -0.2) is 35.3 Å². The van der Waals surface area contributed by atoms with Gasteiger partial charge in [-0.3, -0.25) is 14.4 Å². The highest BCUT2D eigenvalue weighted by molar-refractivity contribution is 6.03. The lowest BCUT2D eigenvalue weighted by Crippen LogP contribution is -2.28. The van der Waals surface area contributed by atoms with Crippen molar-refractivity contribution in [1.29, 1.82) is 0 Å². The average Bonchev–Trinajstić information content (AvgIpc) is 2.75. The third-order valence-corrected chi connectivity index (χ3v) is 4.18. The minimum absolute atomic E-state index is 0.0659. The van der Waals surface area contributed by atoms with Crippen LogP contribution in [0, 0.1) is 0 Å². The predicted molar refractivity (Wildman–Crippen MR) is 116 cm³/mol. The van der Waals surface area contributed by atoms with Crippen molar-refractivity contribution in [3.63, 3.8) is 0 Å². The van der Waals surface area contributed by atoms with Crippen molar-refractivity contribution in [2.24, 2.45) is 0 Å². The maximum atomic E-state index is 12.6. The Hall–Kier alpha value is -4.14. The van der Waals surface area contributed by atoms with Crippen molar-refractivity contribution in [3.05, 3.63) is 76.7 Å². The molecule has 0 aliphatic heterocycles. The summed E-state index contributed by atoms with van der Waals surface area (Å²) in [6.07, 6.45) is 0. The highest BCUT2D eigenvalue weighted by Crippen LogP contribution is 2.28. The molecule has 0 saturated heterocycles. The van der Waals surface area contributed by atoms with Crippen LogP contribution in [0.5, 0.6) is 11.5 Å². The van der Waals surface area contributed by atoms with Crippen molar-refractivity contribution in [1.82, 2.24) is 9.78 Å². The van der Waals surface area contributed by atoms with Crippen molar-refractivity contribution >= 4 is 23.2 Å². The quantitative estimate of drug-likeness (QED) is 0.577. The van der Waals surface area contributed by atoms with Gasteiger partial charge in [0.1, 0.15) is 23.8 Å². The van der Waals surface area contributed by atoms with Crippen LogP contribution in [0.4, 0.5) is 11.4 Å². The Morgan fingerprint density at radius 1 is 1.03 bits per heavy atom. The van der Waals surface area contributed by atoms with Gasteiger partial charge >= 0.3 is 0 Å². The third kappa shape index (κ3) is 5.92. The van der Waals surface area contributed by atoms with E-state index in [1.54, 1.807) is 18.2 Å². The first-order valence-electron chi connectivity index (χ1n) is 9.49. The molecule has 3 aromatic rings. The van der Waals surface area contributed by atoms with Gasteiger partial charge in [0, 0.05) is 18.7 Å². The molecular weight excluding hydrogens is 400 g/mol. The van der Waals surface area contributed by atoms with E-state index in [-0.39, 0.29) is 30.3 Å². The Balaban J connectivity index is 1.70. The molecule has 2 aromatic carbocycles. The highest BCUT2D eigenvalue weighted by Gasteiger charge is 2.12. The number of carbonyl (C=O) groups excluding carboxylic acids is 2. The first-order chi connectivity index (χ1) is 15.0. The first kappa shape index (κ1) is 21.6. The van der Waals surface area contributed by atoms with E-state index >= 15 is 0 Å². The summed E-state index contributed by atoms with van der Waals surface area (Å²) in [4.78, 5) is 36.1. The molecule has 2 N–H and O–H groups in total. The fourth-order valence-electron chi connectivity index (χ4n) is 2.77. The van der Waals surface area contributed by atoms with Gasteiger partial charge < -0.3 is 20.1 Å². The zero-order chi connectivity index (χ0) is 22.2. The van der Waals surface area contributed by atoms with Crippen LogP contribution in [0.2, 0.25) is 0 Å². The zero-order valence-corrected chi connectivity index (χ0v) is 17.1. The Kier molecular flexibility index (Phi) is 7.00. The molecule has 9 heteroatoms. The standard InChI is InChI=1S/C22H22N4O5/c1-15(27)23-19-14-16(8-10-20(19)30-2)24-22(29)18-9-11-21(28)26(25-18)12-13-31-17-6-4-3-5-7-17/h3-11,14H,12-13H2,1-2H3,(H,23,27)(H,24,29). The summed E-state index contributed by atoms with van der Waals surface area (Å²) in [5.41, 5.74) is 0.576.